The summed E-state index contributed by atoms with van der Waals surface area (Å²) in [6, 6.07) is 12.7. The third-order valence-electron chi connectivity index (χ3n) is 6.09. The van der Waals surface area contributed by atoms with Gasteiger partial charge >= 0.3 is 0 Å². The lowest BCUT2D eigenvalue weighted by atomic mass is 9.99. The lowest BCUT2D eigenvalue weighted by Gasteiger charge is -2.25. The molecule has 38 heavy (non-hydrogen) atoms. The van der Waals surface area contributed by atoms with Crippen LogP contribution in [-0.2, 0) is 24.2 Å². The van der Waals surface area contributed by atoms with Gasteiger partial charge in [-0.2, -0.15) is 0 Å². The molecule has 3 aromatic rings. The first-order valence-electron chi connectivity index (χ1n) is 12.3. The van der Waals surface area contributed by atoms with Crippen LogP contribution >= 0.6 is 0 Å². The number of Topliss-reactive ketones (excluding diaryl/α,β-unsaturated/α-hetero) is 1. The molecule has 3 aromatic carbocycles. The van der Waals surface area contributed by atoms with Crippen LogP contribution in [0.25, 0.3) is 0 Å². The van der Waals surface area contributed by atoms with Crippen molar-refractivity contribution < 1.29 is 32.3 Å². The molecular weight excluding hydrogens is 500 g/mol. The smallest absolute Gasteiger partial charge is 0.220 e. The number of aliphatic hydroxyl groups excluding tert-OH is 1. The van der Waals surface area contributed by atoms with Crippen molar-refractivity contribution in [3.8, 4) is 0 Å². The van der Waals surface area contributed by atoms with Gasteiger partial charge < -0.3 is 15.7 Å². The quantitative estimate of drug-likeness (QED) is 0.222. The number of aliphatic hydroxyl groups is 1. The normalized spacial score (nSPS) is 12.7. The van der Waals surface area contributed by atoms with Gasteiger partial charge in [0.15, 0.2) is 17.4 Å². The summed E-state index contributed by atoms with van der Waals surface area (Å²) in [5.41, 5.74) is 2.35. The van der Waals surface area contributed by atoms with Crippen molar-refractivity contribution in [1.29, 1.82) is 0 Å². The molecule has 0 aliphatic carbocycles. The summed E-state index contributed by atoms with van der Waals surface area (Å²) >= 11 is 0. The highest BCUT2D eigenvalue weighted by molar-refractivity contribution is 5.98. The molecule has 0 heterocycles. The molecule has 2 atom stereocenters. The monoisotopic (exact) mass is 530 g/mol. The second-order valence-corrected chi connectivity index (χ2v) is 9.08. The highest BCUT2D eigenvalue weighted by Gasteiger charge is 2.23. The Balaban J connectivity index is 1.63. The van der Waals surface area contributed by atoms with E-state index in [-0.39, 0.29) is 36.9 Å². The molecule has 1 amide bonds. The van der Waals surface area contributed by atoms with Crippen molar-refractivity contribution in [3.05, 3.63) is 106 Å². The van der Waals surface area contributed by atoms with Crippen molar-refractivity contribution >= 4 is 11.7 Å². The van der Waals surface area contributed by atoms with Crippen molar-refractivity contribution in [2.75, 3.05) is 6.54 Å². The van der Waals surface area contributed by atoms with Gasteiger partial charge in [-0.1, -0.05) is 31.2 Å². The topological polar surface area (TPSA) is 78.4 Å². The van der Waals surface area contributed by atoms with E-state index >= 15 is 0 Å². The molecule has 0 saturated carbocycles. The highest BCUT2D eigenvalue weighted by atomic mass is 19.2. The fourth-order valence-corrected chi connectivity index (χ4v) is 4.05. The van der Waals surface area contributed by atoms with Crippen molar-refractivity contribution in [1.82, 2.24) is 10.6 Å². The fourth-order valence-electron chi connectivity index (χ4n) is 4.05. The number of ketones is 1. The molecule has 3 N–H and O–H groups in total. The molecule has 0 aromatic heterocycles. The molecule has 0 radical (unpaired) electrons. The number of hydrogen-bond donors (Lipinski definition) is 3. The van der Waals surface area contributed by atoms with Gasteiger partial charge in [0.1, 0.15) is 11.6 Å². The van der Waals surface area contributed by atoms with Gasteiger partial charge in [-0.05, 0) is 59.9 Å². The van der Waals surface area contributed by atoms with Crippen LogP contribution in [0.3, 0.4) is 0 Å². The highest BCUT2D eigenvalue weighted by Crippen LogP contribution is 2.14. The van der Waals surface area contributed by atoms with E-state index in [1.54, 1.807) is 0 Å². The molecule has 0 aliphatic rings. The lowest BCUT2D eigenvalue weighted by Crippen LogP contribution is -2.48. The first-order chi connectivity index (χ1) is 18.1. The van der Waals surface area contributed by atoms with Gasteiger partial charge in [-0.15, -0.1) is 0 Å². The molecule has 0 fully saturated rings. The zero-order valence-electron chi connectivity index (χ0n) is 20.9. The van der Waals surface area contributed by atoms with Crippen molar-refractivity contribution in [3.63, 3.8) is 0 Å². The minimum Gasteiger partial charge on any atom is -0.390 e. The summed E-state index contributed by atoms with van der Waals surface area (Å²) < 4.78 is 54.0. The van der Waals surface area contributed by atoms with E-state index in [9.17, 15) is 32.3 Å². The van der Waals surface area contributed by atoms with Gasteiger partial charge in [0.05, 0.1) is 12.1 Å². The molecule has 0 bridgehead atoms. The van der Waals surface area contributed by atoms with Gasteiger partial charge in [0.2, 0.25) is 5.91 Å². The predicted molar refractivity (Wildman–Crippen MR) is 135 cm³/mol. The van der Waals surface area contributed by atoms with Gasteiger partial charge in [0, 0.05) is 37.6 Å². The predicted octanol–water partition coefficient (Wildman–Crippen LogP) is 4.65. The van der Waals surface area contributed by atoms with E-state index in [0.29, 0.717) is 6.54 Å². The van der Waals surface area contributed by atoms with Crippen LogP contribution in [0.1, 0.15) is 46.8 Å². The summed E-state index contributed by atoms with van der Waals surface area (Å²) in [4.78, 5) is 24.9. The Kier molecular flexibility index (Phi) is 10.6. The van der Waals surface area contributed by atoms with Gasteiger partial charge in [0.25, 0.3) is 0 Å². The zero-order chi connectivity index (χ0) is 27.7. The third kappa shape index (κ3) is 8.78. The number of halogens is 4. The SMILES string of the molecule is CCc1cccc(CNC[C@H](O)[C@H](Cc2cc(F)cc(F)c2)NC(=O)CCC(=O)c2ccc(F)c(F)c2)c1. The molecule has 3 rings (SSSR count). The van der Waals surface area contributed by atoms with Crippen LogP contribution in [0.4, 0.5) is 17.6 Å². The summed E-state index contributed by atoms with van der Waals surface area (Å²) in [6.45, 7) is 2.58. The number of rotatable bonds is 13. The Morgan fingerprint density at radius 1 is 0.842 bits per heavy atom. The van der Waals surface area contributed by atoms with Crippen LogP contribution in [0.2, 0.25) is 0 Å². The molecule has 202 valence electrons. The van der Waals surface area contributed by atoms with Crippen molar-refractivity contribution in [2.24, 2.45) is 0 Å². The van der Waals surface area contributed by atoms with E-state index in [1.807, 2.05) is 31.2 Å². The number of nitrogens with one attached hydrogen (secondary N) is 2. The number of benzene rings is 3. The number of amides is 1. The Bertz CT molecular complexity index is 1250. The molecule has 9 heteroatoms. The Hall–Kier alpha value is -3.56. The van der Waals surface area contributed by atoms with Crippen LogP contribution in [0.5, 0.6) is 0 Å². The van der Waals surface area contributed by atoms with Crippen LogP contribution in [0.15, 0.2) is 60.7 Å². The minimum atomic E-state index is -1.17. The van der Waals surface area contributed by atoms with Crippen LogP contribution in [-0.4, -0.2) is 35.5 Å². The fraction of sp³-hybridized carbons (Fsp3) is 0.310. The molecular formula is C29H30F4N2O3. The zero-order valence-corrected chi connectivity index (χ0v) is 20.9. The summed E-state index contributed by atoms with van der Waals surface area (Å²) in [5, 5.41) is 16.6. The first kappa shape index (κ1) is 29.0. The Morgan fingerprint density at radius 2 is 1.55 bits per heavy atom. The average Bonchev–Trinajstić information content (AvgIpc) is 2.88. The number of aryl methyl sites for hydroxylation is 1. The van der Waals surface area contributed by atoms with E-state index in [4.69, 9.17) is 0 Å². The standard InChI is InChI=1S/C29H30F4N2O3/c1-2-18-4-3-5-19(10-18)16-34-17-28(37)26(13-20-11-22(30)15-23(31)12-20)35-29(38)9-8-27(36)21-6-7-24(32)25(33)14-21/h3-7,10-12,14-15,26,28,34,37H,2,8-9,13,16-17H2,1H3,(H,35,38)/t26-,28-/m0/s1. The Labute approximate surface area is 218 Å². The molecule has 0 saturated heterocycles. The second kappa shape index (κ2) is 13.8. The maximum absolute atomic E-state index is 13.7. The first-order valence-corrected chi connectivity index (χ1v) is 12.3. The van der Waals surface area contributed by atoms with E-state index in [2.05, 4.69) is 10.6 Å². The number of carbonyl (C=O) groups is 2. The van der Waals surface area contributed by atoms with E-state index in [1.165, 1.54) is 5.56 Å². The third-order valence-corrected chi connectivity index (χ3v) is 6.09. The summed E-state index contributed by atoms with van der Waals surface area (Å²) in [5.74, 6) is -4.97. The Morgan fingerprint density at radius 3 is 2.24 bits per heavy atom. The molecule has 5 nitrogen and oxygen atoms in total. The van der Waals surface area contributed by atoms with Crippen LogP contribution < -0.4 is 10.6 Å². The minimum absolute atomic E-state index is 0.0638. The van der Waals surface area contributed by atoms with E-state index in [0.717, 1.165) is 48.4 Å². The van der Waals surface area contributed by atoms with Crippen LogP contribution in [0, 0.1) is 23.3 Å². The van der Waals surface area contributed by atoms with Gasteiger partial charge in [-0.3, -0.25) is 9.59 Å². The molecule has 0 spiro atoms. The maximum atomic E-state index is 13.7. The second-order valence-electron chi connectivity index (χ2n) is 9.08. The van der Waals surface area contributed by atoms with Gasteiger partial charge in [-0.25, -0.2) is 17.6 Å². The maximum Gasteiger partial charge on any atom is 0.220 e. The summed E-state index contributed by atoms with van der Waals surface area (Å²) in [7, 11) is 0. The van der Waals surface area contributed by atoms with Crippen molar-refractivity contribution in [2.45, 2.75) is 51.3 Å². The lowest BCUT2D eigenvalue weighted by molar-refractivity contribution is -0.122. The average molecular weight is 531 g/mol. The number of hydrogen-bond acceptors (Lipinski definition) is 4. The van der Waals surface area contributed by atoms with E-state index < -0.39 is 47.1 Å². The summed E-state index contributed by atoms with van der Waals surface area (Å²) in [6.07, 6.45) is -0.864. The number of carbonyl (C=O) groups excluding carboxylic acids is 2. The molecule has 0 aliphatic heterocycles. The largest absolute Gasteiger partial charge is 0.390 e. The molecule has 0 unspecified atom stereocenters.